The van der Waals surface area contributed by atoms with Crippen molar-refractivity contribution in [3.8, 4) is 11.5 Å². The molecule has 0 unspecified atom stereocenters. The summed E-state index contributed by atoms with van der Waals surface area (Å²) in [5, 5.41) is 34.4. The van der Waals surface area contributed by atoms with E-state index < -0.39 is 47.5 Å². The van der Waals surface area contributed by atoms with Gasteiger partial charge in [-0.15, -0.1) is 0 Å². The normalized spacial score (nSPS) is 23.4. The number of aromatic hydroxyl groups is 1. The minimum absolute atomic E-state index is 0.0133. The zero-order valence-corrected chi connectivity index (χ0v) is 20.3. The molecule has 1 aromatic heterocycles. The van der Waals surface area contributed by atoms with Gasteiger partial charge >= 0.3 is 5.63 Å². The number of hydrogen-bond donors (Lipinski definition) is 4. The Hall–Kier alpha value is -3.44. The van der Waals surface area contributed by atoms with Gasteiger partial charge in [0.25, 0.3) is 0 Å². The molecule has 0 saturated carbocycles. The van der Waals surface area contributed by atoms with Crippen LogP contribution in [0.1, 0.15) is 25.0 Å². The van der Waals surface area contributed by atoms with Crippen LogP contribution in [0.25, 0.3) is 11.0 Å². The number of benzene rings is 2. The minimum atomic E-state index is -1.42. The summed E-state index contributed by atoms with van der Waals surface area (Å²) in [7, 11) is 1.41. The van der Waals surface area contributed by atoms with Gasteiger partial charge in [-0.25, -0.2) is 4.79 Å². The highest BCUT2D eigenvalue weighted by Gasteiger charge is 2.50. The van der Waals surface area contributed by atoms with Crippen LogP contribution in [0, 0.1) is 6.92 Å². The van der Waals surface area contributed by atoms with Crippen molar-refractivity contribution in [3.05, 3.63) is 64.0 Å². The van der Waals surface area contributed by atoms with Crippen LogP contribution in [0.15, 0.2) is 51.7 Å². The lowest BCUT2D eigenvalue weighted by Crippen LogP contribution is -2.63. The maximum absolute atomic E-state index is 12.7. The highest BCUT2D eigenvalue weighted by atomic mass is 16.7. The Labute approximate surface area is 207 Å². The first kappa shape index (κ1) is 25.6. The Morgan fingerprint density at radius 2 is 1.81 bits per heavy atom. The summed E-state index contributed by atoms with van der Waals surface area (Å²) >= 11 is 0. The molecule has 4 atom stereocenters. The number of fused-ring (bicyclic) bond motifs is 1. The Kier molecular flexibility index (Phi) is 7.05. The number of ether oxygens (including phenoxy) is 3. The standard InChI is InChI=1S/C26H29NO9/c1-13-16(34-25-21(31)20(30)23(33-4)26(2,3)36-25)11-10-15-19(29)18(24(32)35-22(13)15)27-17(28)12-14-8-6-5-7-9-14/h5-11,20-21,23,25,29-31H,12H2,1-4H3,(H,27,28)/t20-,21+,23+,25+/m0/s1. The highest BCUT2D eigenvalue weighted by Crippen LogP contribution is 2.37. The van der Waals surface area contributed by atoms with Gasteiger partial charge in [0.2, 0.25) is 12.2 Å². The van der Waals surface area contributed by atoms with Crippen molar-refractivity contribution in [1.82, 2.24) is 0 Å². The van der Waals surface area contributed by atoms with E-state index in [4.69, 9.17) is 18.6 Å². The van der Waals surface area contributed by atoms with Gasteiger partial charge in [-0.05, 0) is 38.5 Å². The van der Waals surface area contributed by atoms with E-state index in [9.17, 15) is 24.9 Å². The first-order valence-electron chi connectivity index (χ1n) is 11.4. The second kappa shape index (κ2) is 9.90. The Morgan fingerprint density at radius 1 is 1.11 bits per heavy atom. The highest BCUT2D eigenvalue weighted by molar-refractivity contribution is 5.98. The summed E-state index contributed by atoms with van der Waals surface area (Å²) in [5.41, 5.74) is -1.14. The average molecular weight is 500 g/mol. The van der Waals surface area contributed by atoms with Crippen LogP contribution in [-0.4, -0.2) is 58.5 Å². The summed E-state index contributed by atoms with van der Waals surface area (Å²) in [5.74, 6) is -0.724. The SMILES string of the molecule is CO[C@@H]1[C@@H](O)[C@@H](O)[C@H](Oc2ccc3c(O)c(NC(=O)Cc4ccccc4)c(=O)oc3c2C)OC1(C)C. The number of rotatable bonds is 6. The molecule has 1 amide bonds. The molecule has 2 aromatic carbocycles. The zero-order chi connectivity index (χ0) is 26.2. The molecular weight excluding hydrogens is 470 g/mol. The molecule has 10 heteroatoms. The number of carbonyl (C=O) groups excluding carboxylic acids is 1. The second-order valence-corrected chi connectivity index (χ2v) is 9.23. The van der Waals surface area contributed by atoms with Crippen molar-refractivity contribution in [1.29, 1.82) is 0 Å². The van der Waals surface area contributed by atoms with Gasteiger partial charge in [0, 0.05) is 12.7 Å². The molecule has 0 spiro atoms. The fourth-order valence-corrected chi connectivity index (χ4v) is 4.40. The van der Waals surface area contributed by atoms with Crippen LogP contribution >= 0.6 is 0 Å². The van der Waals surface area contributed by atoms with E-state index in [1.807, 2.05) is 6.07 Å². The number of anilines is 1. The Balaban J connectivity index is 1.60. The molecule has 1 aliphatic rings. The lowest BCUT2D eigenvalue weighted by Gasteiger charge is -2.46. The number of nitrogens with one attached hydrogen (secondary N) is 1. The molecule has 1 saturated heterocycles. The number of methoxy groups -OCH3 is 1. The van der Waals surface area contributed by atoms with E-state index >= 15 is 0 Å². The summed E-state index contributed by atoms with van der Waals surface area (Å²) in [6.45, 7) is 5.00. The molecule has 1 aliphatic heterocycles. The van der Waals surface area contributed by atoms with E-state index in [2.05, 4.69) is 5.32 Å². The maximum Gasteiger partial charge on any atom is 0.364 e. The maximum atomic E-state index is 12.7. The fraction of sp³-hybridized carbons (Fsp3) is 0.385. The smallest absolute Gasteiger partial charge is 0.364 e. The first-order chi connectivity index (χ1) is 17.0. The van der Waals surface area contributed by atoms with Gasteiger partial charge in [-0.1, -0.05) is 30.3 Å². The third-order valence-electron chi connectivity index (χ3n) is 6.26. The number of aliphatic hydroxyl groups is 2. The van der Waals surface area contributed by atoms with E-state index in [-0.39, 0.29) is 28.8 Å². The molecule has 1 fully saturated rings. The number of amides is 1. The van der Waals surface area contributed by atoms with Gasteiger partial charge in [-0.2, -0.15) is 0 Å². The molecule has 4 rings (SSSR count). The van der Waals surface area contributed by atoms with Crippen LogP contribution < -0.4 is 15.7 Å². The van der Waals surface area contributed by atoms with Crippen molar-refractivity contribution >= 4 is 22.6 Å². The van der Waals surface area contributed by atoms with E-state index in [1.54, 1.807) is 45.0 Å². The molecule has 2 heterocycles. The molecule has 0 aliphatic carbocycles. The third-order valence-corrected chi connectivity index (χ3v) is 6.26. The fourth-order valence-electron chi connectivity index (χ4n) is 4.40. The largest absolute Gasteiger partial charge is 0.505 e. The van der Waals surface area contributed by atoms with Crippen LogP contribution in [0.2, 0.25) is 0 Å². The van der Waals surface area contributed by atoms with Crippen molar-refractivity contribution in [3.63, 3.8) is 0 Å². The predicted molar refractivity (Wildman–Crippen MR) is 130 cm³/mol. The molecule has 0 bridgehead atoms. The van der Waals surface area contributed by atoms with E-state index in [0.717, 1.165) is 5.56 Å². The number of aryl methyl sites for hydroxylation is 1. The molecule has 192 valence electrons. The van der Waals surface area contributed by atoms with E-state index in [1.165, 1.54) is 19.2 Å². The number of carbonyl (C=O) groups is 1. The van der Waals surface area contributed by atoms with Gasteiger partial charge in [0.05, 0.1) is 17.4 Å². The molecule has 3 aromatic rings. The van der Waals surface area contributed by atoms with Crippen LogP contribution in [-0.2, 0) is 20.7 Å². The van der Waals surface area contributed by atoms with Crippen molar-refractivity contribution in [2.24, 2.45) is 0 Å². The lowest BCUT2D eigenvalue weighted by molar-refractivity contribution is -0.306. The predicted octanol–water partition coefficient (Wildman–Crippen LogP) is 2.24. The van der Waals surface area contributed by atoms with E-state index in [0.29, 0.717) is 5.56 Å². The lowest BCUT2D eigenvalue weighted by atomic mass is 9.89. The third kappa shape index (κ3) is 4.80. The number of aliphatic hydroxyl groups excluding tert-OH is 2. The Morgan fingerprint density at radius 3 is 2.47 bits per heavy atom. The molecule has 10 nitrogen and oxygen atoms in total. The van der Waals surface area contributed by atoms with Gasteiger partial charge in [-0.3, -0.25) is 4.79 Å². The second-order valence-electron chi connectivity index (χ2n) is 9.23. The first-order valence-corrected chi connectivity index (χ1v) is 11.4. The van der Waals surface area contributed by atoms with Crippen molar-refractivity contribution in [2.45, 2.75) is 57.4 Å². The summed E-state index contributed by atoms with van der Waals surface area (Å²) < 4.78 is 22.4. The Bertz CT molecular complexity index is 1320. The summed E-state index contributed by atoms with van der Waals surface area (Å²) in [6, 6.07) is 11.9. The van der Waals surface area contributed by atoms with Crippen LogP contribution in [0.5, 0.6) is 11.5 Å². The van der Waals surface area contributed by atoms with Crippen LogP contribution in [0.3, 0.4) is 0 Å². The van der Waals surface area contributed by atoms with Crippen molar-refractivity contribution < 1.29 is 38.7 Å². The van der Waals surface area contributed by atoms with Gasteiger partial charge < -0.3 is 39.3 Å². The summed E-state index contributed by atoms with van der Waals surface area (Å²) in [4.78, 5) is 25.1. The average Bonchev–Trinajstić information content (AvgIpc) is 2.82. The summed E-state index contributed by atoms with van der Waals surface area (Å²) in [6.07, 6.45) is -4.70. The number of hydrogen-bond acceptors (Lipinski definition) is 9. The molecule has 36 heavy (non-hydrogen) atoms. The molecular formula is C26H29NO9. The molecule has 0 radical (unpaired) electrons. The monoisotopic (exact) mass is 499 g/mol. The quantitative estimate of drug-likeness (QED) is 0.375. The van der Waals surface area contributed by atoms with Gasteiger partial charge in [0.1, 0.15) is 29.6 Å². The van der Waals surface area contributed by atoms with Crippen LogP contribution in [0.4, 0.5) is 5.69 Å². The van der Waals surface area contributed by atoms with Gasteiger partial charge in [0.15, 0.2) is 11.4 Å². The topological polar surface area (TPSA) is 148 Å². The minimum Gasteiger partial charge on any atom is -0.505 e. The van der Waals surface area contributed by atoms with Crippen molar-refractivity contribution in [2.75, 3.05) is 12.4 Å². The zero-order valence-electron chi connectivity index (χ0n) is 20.3. The molecule has 4 N–H and O–H groups in total.